The molecule has 1 heterocycles. The normalized spacial score (nSPS) is 35.5. The first-order valence-corrected chi connectivity index (χ1v) is 7.52. The Bertz CT molecular complexity index is 453. The molecule has 1 heteroatoms. The first kappa shape index (κ1) is 12.1. The molecule has 2 aliphatic rings. The maximum Gasteiger partial charge on any atom is 0.0493 e. The fourth-order valence-corrected chi connectivity index (χ4v) is 4.53. The van der Waals surface area contributed by atoms with Crippen LogP contribution >= 0.6 is 0 Å². The lowest BCUT2D eigenvalue weighted by Crippen LogP contribution is -2.57. The SMILES string of the molecule is CC[C@@H](C)[C@@]12CCCC[C@]1(C)c1ccccc1N2. The monoisotopic (exact) mass is 243 g/mol. The Balaban J connectivity index is 2.14. The van der Waals surface area contributed by atoms with E-state index in [1.807, 2.05) is 0 Å². The molecule has 18 heavy (non-hydrogen) atoms. The second-order valence-corrected chi connectivity index (χ2v) is 6.49. The number of benzene rings is 1. The summed E-state index contributed by atoms with van der Waals surface area (Å²) in [5, 5.41) is 3.94. The predicted molar refractivity (Wildman–Crippen MR) is 78.1 cm³/mol. The molecule has 0 saturated heterocycles. The minimum Gasteiger partial charge on any atom is -0.378 e. The zero-order chi connectivity index (χ0) is 12.8. The molecule has 0 unspecified atom stereocenters. The molecule has 1 aliphatic heterocycles. The van der Waals surface area contributed by atoms with Crippen molar-refractivity contribution in [3.8, 4) is 0 Å². The number of hydrogen-bond acceptors (Lipinski definition) is 1. The van der Waals surface area contributed by atoms with Crippen molar-refractivity contribution >= 4 is 5.69 Å². The van der Waals surface area contributed by atoms with Crippen LogP contribution in [0.25, 0.3) is 0 Å². The third-order valence-corrected chi connectivity index (χ3v) is 5.82. The summed E-state index contributed by atoms with van der Waals surface area (Å²) >= 11 is 0. The smallest absolute Gasteiger partial charge is 0.0493 e. The largest absolute Gasteiger partial charge is 0.378 e. The van der Waals surface area contributed by atoms with E-state index in [9.17, 15) is 0 Å². The van der Waals surface area contributed by atoms with E-state index in [2.05, 4.69) is 50.4 Å². The van der Waals surface area contributed by atoms with Gasteiger partial charge in [0.2, 0.25) is 0 Å². The van der Waals surface area contributed by atoms with Crippen molar-refractivity contribution < 1.29 is 0 Å². The van der Waals surface area contributed by atoms with Gasteiger partial charge in [-0.3, -0.25) is 0 Å². The van der Waals surface area contributed by atoms with Gasteiger partial charge in [-0.15, -0.1) is 0 Å². The van der Waals surface area contributed by atoms with Gasteiger partial charge in [0.25, 0.3) is 0 Å². The molecule has 0 spiro atoms. The second kappa shape index (κ2) is 4.01. The van der Waals surface area contributed by atoms with Gasteiger partial charge in [0.15, 0.2) is 0 Å². The highest BCUT2D eigenvalue weighted by atomic mass is 15.1. The average Bonchev–Trinajstić information content (AvgIpc) is 2.68. The molecule has 0 radical (unpaired) electrons. The maximum atomic E-state index is 3.94. The van der Waals surface area contributed by atoms with Gasteiger partial charge in [-0.25, -0.2) is 0 Å². The molecule has 98 valence electrons. The number of para-hydroxylation sites is 1. The number of anilines is 1. The third kappa shape index (κ3) is 1.34. The van der Waals surface area contributed by atoms with Gasteiger partial charge in [0, 0.05) is 16.6 Å². The standard InChI is InChI=1S/C17H25N/c1-4-13(2)17-12-8-7-11-16(17,3)14-9-5-6-10-15(14)18-17/h5-6,9-10,13,18H,4,7-8,11-12H2,1-3H3/t13-,16-,17+/m1/s1. The molecule has 3 atom stereocenters. The van der Waals surface area contributed by atoms with Crippen LogP contribution in [0.15, 0.2) is 24.3 Å². The van der Waals surface area contributed by atoms with Crippen molar-refractivity contribution in [2.24, 2.45) is 5.92 Å². The fourth-order valence-electron chi connectivity index (χ4n) is 4.53. The van der Waals surface area contributed by atoms with Crippen molar-refractivity contribution in [3.63, 3.8) is 0 Å². The quantitative estimate of drug-likeness (QED) is 0.792. The predicted octanol–water partition coefficient (Wildman–Crippen LogP) is 4.73. The highest BCUT2D eigenvalue weighted by Gasteiger charge is 2.57. The maximum absolute atomic E-state index is 3.94. The minimum atomic E-state index is 0.295. The second-order valence-electron chi connectivity index (χ2n) is 6.49. The molecule has 0 amide bonds. The van der Waals surface area contributed by atoms with Crippen LogP contribution in [0.4, 0.5) is 5.69 Å². The number of hydrogen-bond donors (Lipinski definition) is 1. The van der Waals surface area contributed by atoms with Crippen molar-refractivity contribution in [2.75, 3.05) is 5.32 Å². The lowest BCUT2D eigenvalue weighted by atomic mass is 9.56. The molecule has 0 aromatic heterocycles. The van der Waals surface area contributed by atoms with Gasteiger partial charge >= 0.3 is 0 Å². The van der Waals surface area contributed by atoms with E-state index in [1.165, 1.54) is 37.8 Å². The van der Waals surface area contributed by atoms with Crippen LogP contribution < -0.4 is 5.32 Å². The summed E-state index contributed by atoms with van der Waals surface area (Å²) < 4.78 is 0. The highest BCUT2D eigenvalue weighted by molar-refractivity contribution is 5.65. The van der Waals surface area contributed by atoms with Crippen LogP contribution in [0.2, 0.25) is 0 Å². The summed E-state index contributed by atoms with van der Waals surface area (Å²) in [6.07, 6.45) is 6.68. The zero-order valence-corrected chi connectivity index (χ0v) is 11.9. The van der Waals surface area contributed by atoms with Crippen LogP contribution in [0.3, 0.4) is 0 Å². The summed E-state index contributed by atoms with van der Waals surface area (Å²) in [7, 11) is 0. The third-order valence-electron chi connectivity index (χ3n) is 5.82. The topological polar surface area (TPSA) is 12.0 Å². The lowest BCUT2D eigenvalue weighted by molar-refractivity contribution is 0.132. The van der Waals surface area contributed by atoms with Crippen LogP contribution in [0.1, 0.15) is 58.4 Å². The summed E-state index contributed by atoms with van der Waals surface area (Å²) in [5.41, 5.74) is 3.58. The van der Waals surface area contributed by atoms with Gasteiger partial charge in [-0.05, 0) is 30.4 Å². The Morgan fingerprint density at radius 1 is 1.22 bits per heavy atom. The summed E-state index contributed by atoms with van der Waals surface area (Å²) in [4.78, 5) is 0. The fraction of sp³-hybridized carbons (Fsp3) is 0.647. The highest BCUT2D eigenvalue weighted by Crippen LogP contribution is 2.58. The molecule has 1 aromatic carbocycles. The molecule has 1 N–H and O–H groups in total. The first-order chi connectivity index (χ1) is 8.64. The Hall–Kier alpha value is -0.980. The Labute approximate surface area is 111 Å². The van der Waals surface area contributed by atoms with Gasteiger partial charge in [0.1, 0.15) is 0 Å². The van der Waals surface area contributed by atoms with Crippen molar-refractivity contribution in [1.82, 2.24) is 0 Å². The summed E-state index contributed by atoms with van der Waals surface area (Å²) in [5.74, 6) is 0.732. The Morgan fingerprint density at radius 2 is 1.94 bits per heavy atom. The van der Waals surface area contributed by atoms with Gasteiger partial charge in [-0.2, -0.15) is 0 Å². The van der Waals surface area contributed by atoms with Crippen LogP contribution in [0.5, 0.6) is 0 Å². The van der Waals surface area contributed by atoms with E-state index in [4.69, 9.17) is 0 Å². The first-order valence-electron chi connectivity index (χ1n) is 7.52. The number of nitrogens with one attached hydrogen (secondary N) is 1. The average molecular weight is 243 g/mol. The van der Waals surface area contributed by atoms with Crippen molar-refractivity contribution in [2.45, 2.75) is 63.8 Å². The van der Waals surface area contributed by atoms with Crippen molar-refractivity contribution in [3.05, 3.63) is 29.8 Å². The van der Waals surface area contributed by atoms with E-state index in [-0.39, 0.29) is 0 Å². The van der Waals surface area contributed by atoms with Crippen LogP contribution in [-0.2, 0) is 5.41 Å². The molecule has 1 fully saturated rings. The molecule has 0 bridgehead atoms. The molecule has 1 aliphatic carbocycles. The van der Waals surface area contributed by atoms with E-state index >= 15 is 0 Å². The van der Waals surface area contributed by atoms with E-state index in [0.717, 1.165) is 5.92 Å². The van der Waals surface area contributed by atoms with E-state index < -0.39 is 0 Å². The van der Waals surface area contributed by atoms with Gasteiger partial charge in [0.05, 0.1) is 0 Å². The van der Waals surface area contributed by atoms with Gasteiger partial charge in [-0.1, -0.05) is 58.2 Å². The number of rotatable bonds is 2. The molecule has 3 rings (SSSR count). The van der Waals surface area contributed by atoms with Gasteiger partial charge < -0.3 is 5.32 Å². The van der Waals surface area contributed by atoms with E-state index in [0.29, 0.717) is 11.0 Å². The molecular weight excluding hydrogens is 218 g/mol. The molecule has 1 saturated carbocycles. The Kier molecular flexibility index (Phi) is 2.69. The van der Waals surface area contributed by atoms with Crippen LogP contribution in [0, 0.1) is 5.92 Å². The molecule has 1 aromatic rings. The number of fused-ring (bicyclic) bond motifs is 3. The van der Waals surface area contributed by atoms with Crippen molar-refractivity contribution in [1.29, 1.82) is 0 Å². The lowest BCUT2D eigenvalue weighted by Gasteiger charge is -2.51. The minimum absolute atomic E-state index is 0.295. The molecular formula is C17H25N. The van der Waals surface area contributed by atoms with Crippen LogP contribution in [-0.4, -0.2) is 5.54 Å². The Morgan fingerprint density at radius 3 is 2.72 bits per heavy atom. The van der Waals surface area contributed by atoms with E-state index in [1.54, 1.807) is 5.56 Å². The zero-order valence-electron chi connectivity index (χ0n) is 11.9. The molecule has 1 nitrogen and oxygen atoms in total. The summed E-state index contributed by atoms with van der Waals surface area (Å²) in [6, 6.07) is 8.98. The summed E-state index contributed by atoms with van der Waals surface area (Å²) in [6.45, 7) is 7.26.